The molecule has 0 radical (unpaired) electrons. The summed E-state index contributed by atoms with van der Waals surface area (Å²) in [7, 11) is 2.01. The van der Waals surface area contributed by atoms with Crippen molar-refractivity contribution >= 4 is 0 Å². The molecule has 0 aliphatic heterocycles. The van der Waals surface area contributed by atoms with Crippen molar-refractivity contribution in [3.05, 3.63) is 24.9 Å². The molecular formula is C8H15N. The van der Waals surface area contributed by atoms with E-state index in [1.807, 2.05) is 18.1 Å². The highest BCUT2D eigenvalue weighted by molar-refractivity contribution is 4.85. The van der Waals surface area contributed by atoms with Crippen molar-refractivity contribution in [2.24, 2.45) is 0 Å². The summed E-state index contributed by atoms with van der Waals surface area (Å²) < 4.78 is 0. The monoisotopic (exact) mass is 125 g/mol. The lowest BCUT2D eigenvalue weighted by Crippen LogP contribution is -2.08. The molecular weight excluding hydrogens is 110 g/mol. The quantitative estimate of drug-likeness (QED) is 0.520. The largest absolute Gasteiger partial charge is 0.377 e. The van der Waals surface area contributed by atoms with E-state index in [0.29, 0.717) is 0 Å². The third kappa shape index (κ3) is 5.15. The number of hydrogen-bond acceptors (Lipinski definition) is 1. The molecule has 0 N–H and O–H groups in total. The zero-order valence-corrected chi connectivity index (χ0v) is 6.30. The first-order chi connectivity index (χ1) is 4.31. The third-order valence-corrected chi connectivity index (χ3v) is 1.11. The van der Waals surface area contributed by atoms with Crippen LogP contribution in [0, 0.1) is 0 Å². The summed E-state index contributed by atoms with van der Waals surface area (Å²) in [6.07, 6.45) is 7.23. The van der Waals surface area contributed by atoms with E-state index in [4.69, 9.17) is 0 Å². The van der Waals surface area contributed by atoms with Crippen LogP contribution in [0.2, 0.25) is 0 Å². The maximum atomic E-state index is 3.63. The normalized spacial score (nSPS) is 10.0. The van der Waals surface area contributed by atoms with Gasteiger partial charge in [-0.3, -0.25) is 0 Å². The molecule has 0 bridgehead atoms. The first-order valence-electron chi connectivity index (χ1n) is 3.29. The van der Waals surface area contributed by atoms with Crippen LogP contribution in [0.1, 0.15) is 13.3 Å². The fourth-order valence-electron chi connectivity index (χ4n) is 0.482. The van der Waals surface area contributed by atoms with Crippen LogP contribution in [0.3, 0.4) is 0 Å². The van der Waals surface area contributed by atoms with E-state index in [-0.39, 0.29) is 0 Å². The molecule has 1 nitrogen and oxygen atoms in total. The fourth-order valence-corrected chi connectivity index (χ4v) is 0.482. The Balaban J connectivity index is 3.25. The molecule has 0 unspecified atom stereocenters. The molecule has 0 spiro atoms. The summed E-state index contributed by atoms with van der Waals surface area (Å²) in [5, 5.41) is 0. The average molecular weight is 125 g/mol. The molecule has 0 aromatic rings. The van der Waals surface area contributed by atoms with Gasteiger partial charge in [0, 0.05) is 13.6 Å². The minimum Gasteiger partial charge on any atom is -0.377 e. The summed E-state index contributed by atoms with van der Waals surface area (Å²) in [5.41, 5.74) is 0. The Morgan fingerprint density at radius 3 is 2.56 bits per heavy atom. The highest BCUT2D eigenvalue weighted by Gasteiger charge is 1.80. The second-order valence-corrected chi connectivity index (χ2v) is 2.00. The molecule has 0 atom stereocenters. The number of rotatable bonds is 4. The number of likely N-dealkylation sites (N-methyl/N-ethyl adjacent to an activating group) is 1. The molecule has 0 saturated carbocycles. The standard InChI is InChI=1S/C8H15N/c1-4-6-7-8-9(3)5-2/h5-7H,2,4,8H2,1,3H3/b7-6-. The zero-order chi connectivity index (χ0) is 7.11. The van der Waals surface area contributed by atoms with Gasteiger partial charge < -0.3 is 4.90 Å². The molecule has 52 valence electrons. The Bertz CT molecular complexity index is 94.7. The molecule has 0 heterocycles. The van der Waals surface area contributed by atoms with Crippen molar-refractivity contribution in [2.75, 3.05) is 13.6 Å². The van der Waals surface area contributed by atoms with E-state index in [1.54, 1.807) is 0 Å². The molecule has 0 aromatic heterocycles. The summed E-state index contributed by atoms with van der Waals surface area (Å²) in [6, 6.07) is 0. The second-order valence-electron chi connectivity index (χ2n) is 2.00. The summed E-state index contributed by atoms with van der Waals surface area (Å²) in [5.74, 6) is 0. The van der Waals surface area contributed by atoms with Gasteiger partial charge in [-0.05, 0) is 12.6 Å². The molecule has 0 aliphatic rings. The van der Waals surface area contributed by atoms with Gasteiger partial charge in [0.25, 0.3) is 0 Å². The molecule has 0 rings (SSSR count). The minimum absolute atomic E-state index is 0.970. The summed E-state index contributed by atoms with van der Waals surface area (Å²) >= 11 is 0. The van der Waals surface area contributed by atoms with Gasteiger partial charge in [0.15, 0.2) is 0 Å². The first-order valence-corrected chi connectivity index (χ1v) is 3.29. The van der Waals surface area contributed by atoms with E-state index in [1.165, 1.54) is 0 Å². The van der Waals surface area contributed by atoms with Gasteiger partial charge in [0.1, 0.15) is 0 Å². The average Bonchev–Trinajstić information content (AvgIpc) is 1.89. The van der Waals surface area contributed by atoms with Gasteiger partial charge in [0.05, 0.1) is 0 Å². The Morgan fingerprint density at radius 1 is 1.44 bits per heavy atom. The Hall–Kier alpha value is -0.720. The van der Waals surface area contributed by atoms with Crippen LogP contribution in [0.4, 0.5) is 0 Å². The van der Waals surface area contributed by atoms with Crippen LogP contribution in [-0.4, -0.2) is 18.5 Å². The SMILES string of the molecule is C=CN(C)C/C=C\CC. The van der Waals surface area contributed by atoms with Crippen LogP contribution in [0.15, 0.2) is 24.9 Å². The summed E-state index contributed by atoms with van der Waals surface area (Å²) in [6.45, 7) is 6.73. The van der Waals surface area contributed by atoms with Gasteiger partial charge in [-0.25, -0.2) is 0 Å². The van der Waals surface area contributed by atoms with E-state index in [9.17, 15) is 0 Å². The van der Waals surface area contributed by atoms with Crippen molar-refractivity contribution in [3.63, 3.8) is 0 Å². The van der Waals surface area contributed by atoms with Gasteiger partial charge in [0.2, 0.25) is 0 Å². The van der Waals surface area contributed by atoms with E-state index in [2.05, 4.69) is 25.7 Å². The van der Waals surface area contributed by atoms with Crippen molar-refractivity contribution in [1.29, 1.82) is 0 Å². The van der Waals surface area contributed by atoms with Crippen LogP contribution in [0.5, 0.6) is 0 Å². The highest BCUT2D eigenvalue weighted by atomic mass is 15.1. The maximum Gasteiger partial charge on any atom is 0.0350 e. The maximum absolute atomic E-state index is 3.63. The topological polar surface area (TPSA) is 3.24 Å². The van der Waals surface area contributed by atoms with Gasteiger partial charge >= 0.3 is 0 Å². The van der Waals surface area contributed by atoms with Crippen LogP contribution >= 0.6 is 0 Å². The number of hydrogen-bond donors (Lipinski definition) is 0. The lowest BCUT2D eigenvalue weighted by Gasteiger charge is -2.07. The lowest BCUT2D eigenvalue weighted by atomic mass is 10.4. The number of allylic oxidation sites excluding steroid dienone is 1. The first kappa shape index (κ1) is 8.28. The predicted octanol–water partition coefficient (Wildman–Crippen LogP) is 2.03. The van der Waals surface area contributed by atoms with Gasteiger partial charge in [-0.2, -0.15) is 0 Å². The van der Waals surface area contributed by atoms with Crippen LogP contribution < -0.4 is 0 Å². The zero-order valence-electron chi connectivity index (χ0n) is 6.30. The molecule has 0 fully saturated rings. The van der Waals surface area contributed by atoms with Crippen molar-refractivity contribution in [1.82, 2.24) is 4.90 Å². The Morgan fingerprint density at radius 2 is 2.11 bits per heavy atom. The fraction of sp³-hybridized carbons (Fsp3) is 0.500. The number of nitrogens with zero attached hydrogens (tertiary/aromatic N) is 1. The van der Waals surface area contributed by atoms with Crippen LogP contribution in [-0.2, 0) is 0 Å². The Labute approximate surface area is 57.7 Å². The molecule has 9 heavy (non-hydrogen) atoms. The predicted molar refractivity (Wildman–Crippen MR) is 42.3 cm³/mol. The van der Waals surface area contributed by atoms with E-state index < -0.39 is 0 Å². The van der Waals surface area contributed by atoms with Crippen molar-refractivity contribution in [3.8, 4) is 0 Å². The molecule has 0 amide bonds. The van der Waals surface area contributed by atoms with Gasteiger partial charge in [-0.15, -0.1) is 0 Å². The summed E-state index contributed by atoms with van der Waals surface area (Å²) in [4.78, 5) is 2.03. The van der Waals surface area contributed by atoms with Crippen LogP contribution in [0.25, 0.3) is 0 Å². The molecule has 0 saturated heterocycles. The second kappa shape index (κ2) is 5.42. The smallest absolute Gasteiger partial charge is 0.0350 e. The Kier molecular flexibility index (Phi) is 4.98. The van der Waals surface area contributed by atoms with Crippen molar-refractivity contribution < 1.29 is 0 Å². The van der Waals surface area contributed by atoms with E-state index in [0.717, 1.165) is 13.0 Å². The third-order valence-electron chi connectivity index (χ3n) is 1.11. The molecule has 1 heteroatoms. The van der Waals surface area contributed by atoms with E-state index >= 15 is 0 Å². The molecule has 0 aliphatic carbocycles. The minimum atomic E-state index is 0.970. The lowest BCUT2D eigenvalue weighted by molar-refractivity contribution is 0.511. The van der Waals surface area contributed by atoms with Crippen molar-refractivity contribution in [2.45, 2.75) is 13.3 Å². The highest BCUT2D eigenvalue weighted by Crippen LogP contribution is 1.84. The molecule has 0 aromatic carbocycles. The van der Waals surface area contributed by atoms with Gasteiger partial charge in [-0.1, -0.05) is 25.7 Å².